The molecule has 6 nitrogen and oxygen atoms in total. The van der Waals surface area contributed by atoms with Crippen LogP contribution in [-0.2, 0) is 21.1 Å². The number of carbonyl (C=O) groups is 1. The molecule has 2 rings (SSSR count). The SMILES string of the molecule is CCS(=O)(=O)c1ccc(CC(=O)Nc2ccc(C=NO)cc2)cc1. The molecule has 0 heterocycles. The minimum atomic E-state index is -3.23. The number of anilines is 1. The minimum absolute atomic E-state index is 0.0455. The smallest absolute Gasteiger partial charge is 0.228 e. The fraction of sp³-hybridized carbons (Fsp3) is 0.176. The molecule has 0 saturated carbocycles. The molecule has 0 radical (unpaired) electrons. The quantitative estimate of drug-likeness (QED) is 0.477. The highest BCUT2D eigenvalue weighted by Gasteiger charge is 2.11. The van der Waals surface area contributed by atoms with E-state index < -0.39 is 9.84 Å². The second-order valence-electron chi connectivity index (χ2n) is 5.14. The Morgan fingerprint density at radius 3 is 2.29 bits per heavy atom. The predicted molar refractivity (Wildman–Crippen MR) is 92.3 cm³/mol. The van der Waals surface area contributed by atoms with E-state index in [9.17, 15) is 13.2 Å². The topological polar surface area (TPSA) is 95.8 Å². The lowest BCUT2D eigenvalue weighted by Crippen LogP contribution is -2.14. The molecule has 0 atom stereocenters. The Morgan fingerprint density at radius 1 is 1.12 bits per heavy atom. The molecule has 0 unspecified atom stereocenters. The molecule has 0 aliphatic carbocycles. The van der Waals surface area contributed by atoms with Crippen molar-refractivity contribution in [2.24, 2.45) is 5.16 Å². The van der Waals surface area contributed by atoms with Gasteiger partial charge in [-0.2, -0.15) is 0 Å². The van der Waals surface area contributed by atoms with E-state index in [0.717, 1.165) is 5.56 Å². The van der Waals surface area contributed by atoms with Gasteiger partial charge in [0.2, 0.25) is 5.91 Å². The normalized spacial score (nSPS) is 11.5. The van der Waals surface area contributed by atoms with Crippen molar-refractivity contribution in [1.82, 2.24) is 0 Å². The first-order chi connectivity index (χ1) is 11.4. The number of nitrogens with zero attached hydrogens (tertiary/aromatic N) is 1. The van der Waals surface area contributed by atoms with E-state index in [4.69, 9.17) is 5.21 Å². The summed E-state index contributed by atoms with van der Waals surface area (Å²) in [5, 5.41) is 14.1. The third-order valence-corrected chi connectivity index (χ3v) is 5.18. The molecule has 2 N–H and O–H groups in total. The van der Waals surface area contributed by atoms with Crippen molar-refractivity contribution in [3.63, 3.8) is 0 Å². The van der Waals surface area contributed by atoms with Crippen molar-refractivity contribution < 1.29 is 18.4 Å². The summed E-state index contributed by atoms with van der Waals surface area (Å²) in [5.41, 5.74) is 2.06. The molecule has 0 spiro atoms. The second-order valence-corrected chi connectivity index (χ2v) is 7.42. The lowest BCUT2D eigenvalue weighted by Gasteiger charge is -2.07. The van der Waals surface area contributed by atoms with Gasteiger partial charge in [-0.15, -0.1) is 0 Å². The van der Waals surface area contributed by atoms with Gasteiger partial charge in [-0.05, 0) is 35.4 Å². The lowest BCUT2D eigenvalue weighted by atomic mass is 10.1. The van der Waals surface area contributed by atoms with E-state index in [0.29, 0.717) is 11.3 Å². The molecule has 0 aliphatic heterocycles. The van der Waals surface area contributed by atoms with Gasteiger partial charge in [-0.3, -0.25) is 4.79 Å². The molecule has 7 heteroatoms. The average Bonchev–Trinajstić information content (AvgIpc) is 2.57. The third kappa shape index (κ3) is 4.66. The van der Waals surface area contributed by atoms with Crippen LogP contribution in [0.5, 0.6) is 0 Å². The molecule has 24 heavy (non-hydrogen) atoms. The molecule has 0 bridgehead atoms. The van der Waals surface area contributed by atoms with Gasteiger partial charge in [0, 0.05) is 5.69 Å². The monoisotopic (exact) mass is 346 g/mol. The van der Waals surface area contributed by atoms with Crippen LogP contribution < -0.4 is 5.32 Å². The highest BCUT2D eigenvalue weighted by molar-refractivity contribution is 7.91. The number of nitrogens with one attached hydrogen (secondary N) is 1. The van der Waals surface area contributed by atoms with Gasteiger partial charge in [0.25, 0.3) is 0 Å². The van der Waals surface area contributed by atoms with Crippen molar-refractivity contribution in [2.75, 3.05) is 11.1 Å². The zero-order valence-electron chi connectivity index (χ0n) is 13.1. The Balaban J connectivity index is 1.99. The molecule has 0 aliphatic rings. The summed E-state index contributed by atoms with van der Waals surface area (Å²) in [5.74, 6) is -0.159. The summed E-state index contributed by atoms with van der Waals surface area (Å²) in [6, 6.07) is 13.1. The number of carbonyl (C=O) groups excluding carboxylic acids is 1. The van der Waals surface area contributed by atoms with Crippen LogP contribution >= 0.6 is 0 Å². The summed E-state index contributed by atoms with van der Waals surface area (Å²) in [6.07, 6.45) is 1.43. The summed E-state index contributed by atoms with van der Waals surface area (Å²) in [4.78, 5) is 12.3. The maximum Gasteiger partial charge on any atom is 0.228 e. The van der Waals surface area contributed by atoms with Crippen molar-refractivity contribution in [3.05, 3.63) is 59.7 Å². The van der Waals surface area contributed by atoms with Gasteiger partial charge in [0.15, 0.2) is 9.84 Å². The summed E-state index contributed by atoms with van der Waals surface area (Å²) in [6.45, 7) is 1.59. The molecule has 2 aromatic rings. The van der Waals surface area contributed by atoms with Crippen LogP contribution in [0.4, 0.5) is 5.69 Å². The standard InChI is InChI=1S/C17H18N2O4S/c1-2-24(22,23)16-9-5-13(6-10-16)11-17(20)19-15-7-3-14(4-8-15)12-18-21/h3-10,12,21H,2,11H2,1H3,(H,19,20). The highest BCUT2D eigenvalue weighted by Crippen LogP contribution is 2.14. The van der Waals surface area contributed by atoms with E-state index in [1.54, 1.807) is 43.3 Å². The zero-order chi connectivity index (χ0) is 17.6. The lowest BCUT2D eigenvalue weighted by molar-refractivity contribution is -0.115. The van der Waals surface area contributed by atoms with Gasteiger partial charge < -0.3 is 10.5 Å². The van der Waals surface area contributed by atoms with Crippen molar-refractivity contribution in [1.29, 1.82) is 0 Å². The first kappa shape index (κ1) is 17.7. The summed E-state index contributed by atoms with van der Waals surface area (Å²) in [7, 11) is -3.23. The van der Waals surface area contributed by atoms with Crippen LogP contribution in [0.1, 0.15) is 18.1 Å². The minimum Gasteiger partial charge on any atom is -0.411 e. The fourth-order valence-corrected chi connectivity index (χ4v) is 2.98. The van der Waals surface area contributed by atoms with Crippen LogP contribution in [0.25, 0.3) is 0 Å². The summed E-state index contributed by atoms with van der Waals surface area (Å²) >= 11 is 0. The molecule has 0 fully saturated rings. The van der Waals surface area contributed by atoms with Crippen molar-refractivity contribution in [2.45, 2.75) is 18.2 Å². The van der Waals surface area contributed by atoms with Gasteiger partial charge in [0.1, 0.15) is 0 Å². The van der Waals surface area contributed by atoms with Crippen molar-refractivity contribution >= 4 is 27.6 Å². The Morgan fingerprint density at radius 2 is 1.75 bits per heavy atom. The molecule has 1 amide bonds. The number of oxime groups is 1. The Labute approximate surface area is 140 Å². The third-order valence-electron chi connectivity index (χ3n) is 3.43. The van der Waals surface area contributed by atoms with Crippen LogP contribution in [0.2, 0.25) is 0 Å². The number of hydrogen-bond donors (Lipinski definition) is 2. The average molecular weight is 346 g/mol. The van der Waals surface area contributed by atoms with E-state index in [1.165, 1.54) is 18.3 Å². The van der Waals surface area contributed by atoms with Crippen LogP contribution in [-0.4, -0.2) is 31.5 Å². The van der Waals surface area contributed by atoms with Crippen LogP contribution in [0.3, 0.4) is 0 Å². The number of rotatable bonds is 6. The molecular weight excluding hydrogens is 328 g/mol. The largest absolute Gasteiger partial charge is 0.411 e. The van der Waals surface area contributed by atoms with Gasteiger partial charge >= 0.3 is 0 Å². The second kappa shape index (κ2) is 7.74. The van der Waals surface area contributed by atoms with E-state index in [2.05, 4.69) is 10.5 Å². The van der Waals surface area contributed by atoms with Crippen LogP contribution in [0, 0.1) is 0 Å². The van der Waals surface area contributed by atoms with Crippen LogP contribution in [0.15, 0.2) is 58.6 Å². The van der Waals surface area contributed by atoms with Gasteiger partial charge in [-0.25, -0.2) is 8.42 Å². The molecule has 0 saturated heterocycles. The first-order valence-electron chi connectivity index (χ1n) is 7.33. The Kier molecular flexibility index (Phi) is 5.70. The molecule has 126 valence electrons. The number of benzene rings is 2. The molecule has 2 aromatic carbocycles. The summed E-state index contributed by atoms with van der Waals surface area (Å²) < 4.78 is 23.5. The number of hydrogen-bond acceptors (Lipinski definition) is 5. The van der Waals surface area contributed by atoms with Crippen molar-refractivity contribution in [3.8, 4) is 0 Å². The number of sulfone groups is 1. The van der Waals surface area contributed by atoms with Gasteiger partial charge in [-0.1, -0.05) is 36.3 Å². The highest BCUT2D eigenvalue weighted by atomic mass is 32.2. The maximum atomic E-state index is 12.0. The van der Waals surface area contributed by atoms with E-state index in [1.807, 2.05) is 0 Å². The fourth-order valence-electron chi connectivity index (χ4n) is 2.09. The Bertz CT molecular complexity index is 826. The predicted octanol–water partition coefficient (Wildman–Crippen LogP) is 2.47. The molecule has 0 aromatic heterocycles. The van der Waals surface area contributed by atoms with Gasteiger partial charge in [0.05, 0.1) is 23.3 Å². The zero-order valence-corrected chi connectivity index (χ0v) is 14.0. The van der Waals surface area contributed by atoms with E-state index >= 15 is 0 Å². The maximum absolute atomic E-state index is 12.0. The first-order valence-corrected chi connectivity index (χ1v) is 8.99. The number of amides is 1. The van der Waals surface area contributed by atoms with E-state index in [-0.39, 0.29) is 23.0 Å². The molecular formula is C17H18N2O4S. The Hall–Kier alpha value is -2.67.